The summed E-state index contributed by atoms with van der Waals surface area (Å²) in [5.41, 5.74) is 2.14. The van der Waals surface area contributed by atoms with E-state index in [4.69, 9.17) is 5.41 Å². The third-order valence-corrected chi connectivity index (χ3v) is 4.68. The van der Waals surface area contributed by atoms with Crippen molar-refractivity contribution in [1.82, 2.24) is 15.0 Å². The third kappa shape index (κ3) is 2.55. The highest BCUT2D eigenvalue weighted by Gasteiger charge is 2.30. The van der Waals surface area contributed by atoms with E-state index < -0.39 is 0 Å². The Balaban J connectivity index is 1.62. The summed E-state index contributed by atoms with van der Waals surface area (Å²) in [6.45, 7) is 0.168. The summed E-state index contributed by atoms with van der Waals surface area (Å²) >= 11 is 1.46. The lowest BCUT2D eigenvalue weighted by atomic mass is 10.2. The first kappa shape index (κ1) is 14.5. The largest absolute Gasteiger partial charge is 0.509 e. The van der Waals surface area contributed by atoms with Crippen molar-refractivity contribution in [2.75, 3.05) is 6.54 Å². The van der Waals surface area contributed by atoms with Gasteiger partial charge in [-0.15, -0.1) is 11.3 Å². The van der Waals surface area contributed by atoms with Crippen LogP contribution in [0.1, 0.15) is 10.6 Å². The summed E-state index contributed by atoms with van der Waals surface area (Å²) in [6.07, 6.45) is 4.99. The van der Waals surface area contributed by atoms with Gasteiger partial charge in [-0.2, -0.15) is 5.10 Å². The Bertz CT molecular complexity index is 944. The Morgan fingerprint density at radius 1 is 1.25 bits per heavy atom. The maximum Gasteiger partial charge on any atom is 0.155 e. The number of hydrazone groups is 1. The molecule has 0 amide bonds. The van der Waals surface area contributed by atoms with Crippen molar-refractivity contribution in [3.63, 3.8) is 0 Å². The van der Waals surface area contributed by atoms with E-state index in [2.05, 4.69) is 15.1 Å². The van der Waals surface area contributed by atoms with E-state index in [-0.39, 0.29) is 18.1 Å². The van der Waals surface area contributed by atoms with E-state index in [1.165, 1.54) is 16.3 Å². The van der Waals surface area contributed by atoms with Crippen LogP contribution in [0.5, 0.6) is 0 Å². The SMILES string of the molecule is N=C1C(c2nc3ccccc3s2)=C(O)CN1N=Cc1cccnc1. The maximum absolute atomic E-state index is 10.3. The molecule has 2 N–H and O–H groups in total. The molecule has 1 aromatic carbocycles. The second-order valence-corrected chi connectivity index (χ2v) is 6.28. The average molecular weight is 335 g/mol. The number of pyridine rings is 1. The van der Waals surface area contributed by atoms with Crippen molar-refractivity contribution < 1.29 is 5.11 Å². The number of fused-ring (bicyclic) bond motifs is 1. The van der Waals surface area contributed by atoms with Crippen LogP contribution in [0, 0.1) is 5.41 Å². The molecule has 3 aromatic rings. The zero-order valence-electron chi connectivity index (χ0n) is 12.5. The normalized spacial score (nSPS) is 15.2. The minimum absolute atomic E-state index is 0.113. The van der Waals surface area contributed by atoms with E-state index >= 15 is 0 Å². The number of benzene rings is 1. The molecule has 0 spiro atoms. The molecule has 0 aliphatic carbocycles. The van der Waals surface area contributed by atoms with Gasteiger partial charge >= 0.3 is 0 Å². The van der Waals surface area contributed by atoms with Crippen molar-refractivity contribution in [3.05, 3.63) is 65.1 Å². The van der Waals surface area contributed by atoms with Crippen LogP contribution in [0.2, 0.25) is 0 Å². The molecule has 0 radical (unpaired) electrons. The van der Waals surface area contributed by atoms with Gasteiger partial charge in [-0.05, 0) is 18.2 Å². The molecule has 1 aliphatic heterocycles. The smallest absolute Gasteiger partial charge is 0.155 e. The van der Waals surface area contributed by atoms with Gasteiger partial charge < -0.3 is 5.11 Å². The lowest BCUT2D eigenvalue weighted by molar-refractivity contribution is 0.358. The third-order valence-electron chi connectivity index (χ3n) is 3.62. The summed E-state index contributed by atoms with van der Waals surface area (Å²) in [5, 5.41) is 25.0. The number of aliphatic hydroxyl groups excluding tert-OH is 1. The molecule has 0 fully saturated rings. The van der Waals surface area contributed by atoms with E-state index in [1.54, 1.807) is 18.6 Å². The van der Waals surface area contributed by atoms with Gasteiger partial charge in [0.25, 0.3) is 0 Å². The van der Waals surface area contributed by atoms with Gasteiger partial charge in [0.15, 0.2) is 5.84 Å². The fourth-order valence-electron chi connectivity index (χ4n) is 2.46. The zero-order valence-corrected chi connectivity index (χ0v) is 13.4. The number of amidine groups is 1. The molecule has 24 heavy (non-hydrogen) atoms. The van der Waals surface area contributed by atoms with Crippen molar-refractivity contribution in [2.45, 2.75) is 0 Å². The van der Waals surface area contributed by atoms with Crippen LogP contribution < -0.4 is 0 Å². The zero-order chi connectivity index (χ0) is 16.5. The van der Waals surface area contributed by atoms with Gasteiger partial charge in [-0.25, -0.2) is 9.99 Å². The summed E-state index contributed by atoms with van der Waals surface area (Å²) in [6, 6.07) is 11.5. The molecule has 2 aromatic heterocycles. The Kier molecular flexibility index (Phi) is 3.55. The minimum atomic E-state index is 0.113. The minimum Gasteiger partial charge on any atom is -0.509 e. The lowest BCUT2D eigenvalue weighted by Crippen LogP contribution is -2.20. The van der Waals surface area contributed by atoms with Crippen molar-refractivity contribution >= 4 is 39.2 Å². The molecule has 118 valence electrons. The average Bonchev–Trinajstić information content (AvgIpc) is 3.14. The van der Waals surface area contributed by atoms with Gasteiger partial charge in [0.2, 0.25) is 0 Å². The van der Waals surface area contributed by atoms with E-state index in [9.17, 15) is 5.11 Å². The predicted octanol–water partition coefficient (Wildman–Crippen LogP) is 3.29. The first-order valence-electron chi connectivity index (χ1n) is 7.31. The highest BCUT2D eigenvalue weighted by atomic mass is 32.1. The number of hydrogen-bond donors (Lipinski definition) is 2. The van der Waals surface area contributed by atoms with Crippen LogP contribution in [-0.2, 0) is 0 Å². The van der Waals surface area contributed by atoms with Crippen molar-refractivity contribution in [3.8, 4) is 0 Å². The molecule has 4 rings (SSSR count). The van der Waals surface area contributed by atoms with E-state index in [0.29, 0.717) is 10.6 Å². The molecule has 6 nitrogen and oxygen atoms in total. The molecule has 0 unspecified atom stereocenters. The molecule has 3 heterocycles. The highest BCUT2D eigenvalue weighted by Crippen LogP contribution is 2.33. The maximum atomic E-state index is 10.3. The predicted molar refractivity (Wildman–Crippen MR) is 95.4 cm³/mol. The molecule has 0 bridgehead atoms. The van der Waals surface area contributed by atoms with Crippen LogP contribution in [0.25, 0.3) is 15.8 Å². The van der Waals surface area contributed by atoms with Crippen molar-refractivity contribution in [1.29, 1.82) is 5.41 Å². The molecule has 7 heteroatoms. The number of nitrogens with one attached hydrogen (secondary N) is 1. The number of aliphatic hydroxyl groups is 1. The quantitative estimate of drug-likeness (QED) is 0.719. The van der Waals surface area contributed by atoms with Gasteiger partial charge in [0.05, 0.1) is 22.0 Å². The topological polar surface area (TPSA) is 85.5 Å². The molecule has 0 saturated heterocycles. The fraction of sp³-hybridized carbons (Fsp3) is 0.0588. The standard InChI is InChI=1S/C17H13N5OS/c18-16-15(17-21-12-5-1-2-6-14(12)24-17)13(23)10-22(16)20-9-11-4-3-7-19-8-11/h1-9,18,23H,10H2. The van der Waals surface area contributed by atoms with Crippen LogP contribution in [0.15, 0.2) is 59.7 Å². The number of thiazole rings is 1. The van der Waals surface area contributed by atoms with E-state index in [1.807, 2.05) is 36.4 Å². The number of rotatable bonds is 3. The van der Waals surface area contributed by atoms with Gasteiger partial charge in [-0.1, -0.05) is 18.2 Å². The second kappa shape index (κ2) is 5.86. The van der Waals surface area contributed by atoms with E-state index in [0.717, 1.165) is 15.8 Å². The molecule has 0 atom stereocenters. The van der Waals surface area contributed by atoms with Crippen LogP contribution >= 0.6 is 11.3 Å². The highest BCUT2D eigenvalue weighted by molar-refractivity contribution is 7.19. The first-order chi connectivity index (χ1) is 11.7. The molecular formula is C17H13N5OS. The molecular weight excluding hydrogens is 322 g/mol. The number of para-hydroxylation sites is 1. The lowest BCUT2D eigenvalue weighted by Gasteiger charge is -2.10. The second-order valence-electron chi connectivity index (χ2n) is 5.25. The number of nitrogens with zero attached hydrogens (tertiary/aromatic N) is 4. The van der Waals surface area contributed by atoms with Crippen molar-refractivity contribution in [2.24, 2.45) is 5.10 Å². The molecule has 0 saturated carbocycles. The Hall–Kier alpha value is -3.06. The number of aromatic nitrogens is 2. The Labute approximate surface area is 141 Å². The summed E-state index contributed by atoms with van der Waals surface area (Å²) in [4.78, 5) is 8.54. The van der Waals surface area contributed by atoms with Crippen LogP contribution in [0.3, 0.4) is 0 Å². The fourth-order valence-corrected chi connectivity index (χ4v) is 3.49. The molecule has 1 aliphatic rings. The summed E-state index contributed by atoms with van der Waals surface area (Å²) < 4.78 is 1.03. The Morgan fingerprint density at radius 3 is 2.92 bits per heavy atom. The summed E-state index contributed by atoms with van der Waals surface area (Å²) in [7, 11) is 0. The van der Waals surface area contributed by atoms with Crippen LogP contribution in [-0.4, -0.2) is 38.7 Å². The first-order valence-corrected chi connectivity index (χ1v) is 8.12. The van der Waals surface area contributed by atoms with Gasteiger partial charge in [-0.3, -0.25) is 10.4 Å². The van der Waals surface area contributed by atoms with Gasteiger partial charge in [0.1, 0.15) is 17.3 Å². The van der Waals surface area contributed by atoms with Gasteiger partial charge in [0, 0.05) is 18.0 Å². The monoisotopic (exact) mass is 335 g/mol. The van der Waals surface area contributed by atoms with Crippen LogP contribution in [0.4, 0.5) is 0 Å². The summed E-state index contributed by atoms with van der Waals surface area (Å²) in [5.74, 6) is 0.258. The number of hydrogen-bond acceptors (Lipinski definition) is 6. The Morgan fingerprint density at radius 2 is 2.12 bits per heavy atom.